The SMILES string of the molecule is CCOC(=O)[C@H]1CC[C@H]([C@H]2C[C@@H](N)c3ccc(OC)cc3O2)CC1. The Labute approximate surface area is 143 Å². The molecule has 0 amide bonds. The van der Waals surface area contributed by atoms with Gasteiger partial charge in [0.15, 0.2) is 0 Å². The molecule has 0 spiro atoms. The second kappa shape index (κ2) is 7.43. The average Bonchev–Trinajstić information content (AvgIpc) is 2.61. The maximum atomic E-state index is 11.9. The third kappa shape index (κ3) is 3.51. The van der Waals surface area contributed by atoms with Crippen molar-refractivity contribution in [2.24, 2.45) is 17.6 Å². The van der Waals surface area contributed by atoms with Gasteiger partial charge in [0.2, 0.25) is 0 Å². The summed E-state index contributed by atoms with van der Waals surface area (Å²) in [6.45, 7) is 2.31. The molecule has 0 radical (unpaired) electrons. The van der Waals surface area contributed by atoms with E-state index in [-0.39, 0.29) is 24.0 Å². The highest BCUT2D eigenvalue weighted by Gasteiger charge is 2.36. The van der Waals surface area contributed by atoms with Gasteiger partial charge < -0.3 is 19.9 Å². The molecular weight excluding hydrogens is 306 g/mol. The summed E-state index contributed by atoms with van der Waals surface area (Å²) in [5.74, 6) is 2.07. The fourth-order valence-corrected chi connectivity index (χ4v) is 3.91. The van der Waals surface area contributed by atoms with Crippen LogP contribution in [0.15, 0.2) is 18.2 Å². The highest BCUT2D eigenvalue weighted by Crippen LogP contribution is 2.41. The van der Waals surface area contributed by atoms with Gasteiger partial charge in [-0.2, -0.15) is 0 Å². The number of methoxy groups -OCH3 is 1. The Hall–Kier alpha value is -1.75. The lowest BCUT2D eigenvalue weighted by Crippen LogP contribution is -2.38. The molecule has 0 bridgehead atoms. The second-order valence-corrected chi connectivity index (χ2v) is 6.77. The average molecular weight is 333 g/mol. The molecular formula is C19H27NO4. The Morgan fingerprint density at radius 1 is 1.29 bits per heavy atom. The highest BCUT2D eigenvalue weighted by molar-refractivity contribution is 5.72. The van der Waals surface area contributed by atoms with Crippen LogP contribution in [0.2, 0.25) is 0 Å². The summed E-state index contributed by atoms with van der Waals surface area (Å²) in [6.07, 6.45) is 4.67. The monoisotopic (exact) mass is 333 g/mol. The smallest absolute Gasteiger partial charge is 0.308 e. The topological polar surface area (TPSA) is 70.8 Å². The van der Waals surface area contributed by atoms with Crippen molar-refractivity contribution in [1.82, 2.24) is 0 Å². The van der Waals surface area contributed by atoms with Gasteiger partial charge >= 0.3 is 5.97 Å². The van der Waals surface area contributed by atoms with Gasteiger partial charge in [-0.25, -0.2) is 0 Å². The normalized spacial score (nSPS) is 29.3. The van der Waals surface area contributed by atoms with Crippen LogP contribution in [-0.4, -0.2) is 25.8 Å². The van der Waals surface area contributed by atoms with E-state index in [1.54, 1.807) is 7.11 Å². The summed E-state index contributed by atoms with van der Waals surface area (Å²) < 4.78 is 16.7. The summed E-state index contributed by atoms with van der Waals surface area (Å²) in [7, 11) is 1.65. The number of benzene rings is 1. The van der Waals surface area contributed by atoms with E-state index in [1.165, 1.54) is 0 Å². The van der Waals surface area contributed by atoms with Crippen molar-refractivity contribution in [2.45, 2.75) is 51.2 Å². The Bertz CT molecular complexity index is 581. The molecule has 132 valence electrons. The van der Waals surface area contributed by atoms with Gasteiger partial charge in [0.25, 0.3) is 0 Å². The quantitative estimate of drug-likeness (QED) is 0.857. The van der Waals surface area contributed by atoms with Crippen molar-refractivity contribution in [2.75, 3.05) is 13.7 Å². The zero-order valence-electron chi connectivity index (χ0n) is 14.5. The number of carbonyl (C=O) groups excluding carboxylic acids is 1. The Morgan fingerprint density at radius 3 is 2.71 bits per heavy atom. The van der Waals surface area contributed by atoms with E-state index in [0.29, 0.717) is 12.5 Å². The molecule has 1 saturated carbocycles. The third-order valence-electron chi connectivity index (χ3n) is 5.30. The van der Waals surface area contributed by atoms with Crippen molar-refractivity contribution >= 4 is 5.97 Å². The number of carbonyl (C=O) groups is 1. The lowest BCUT2D eigenvalue weighted by Gasteiger charge is -2.38. The molecule has 24 heavy (non-hydrogen) atoms. The molecule has 2 atom stereocenters. The summed E-state index contributed by atoms with van der Waals surface area (Å²) >= 11 is 0. The Morgan fingerprint density at radius 2 is 2.04 bits per heavy atom. The number of hydrogen-bond donors (Lipinski definition) is 1. The first kappa shape index (κ1) is 17.1. The molecule has 2 aliphatic rings. The molecule has 5 nitrogen and oxygen atoms in total. The van der Waals surface area contributed by atoms with Crippen LogP contribution in [-0.2, 0) is 9.53 Å². The van der Waals surface area contributed by atoms with Gasteiger partial charge in [-0.1, -0.05) is 6.07 Å². The minimum Gasteiger partial charge on any atom is -0.497 e. The highest BCUT2D eigenvalue weighted by atomic mass is 16.5. The largest absolute Gasteiger partial charge is 0.497 e. The molecule has 5 heteroatoms. The van der Waals surface area contributed by atoms with E-state index in [2.05, 4.69) is 0 Å². The van der Waals surface area contributed by atoms with E-state index < -0.39 is 0 Å². The van der Waals surface area contributed by atoms with Crippen LogP contribution in [0.4, 0.5) is 0 Å². The maximum Gasteiger partial charge on any atom is 0.308 e. The van der Waals surface area contributed by atoms with Crippen LogP contribution in [0.3, 0.4) is 0 Å². The molecule has 1 aliphatic heterocycles. The van der Waals surface area contributed by atoms with Gasteiger partial charge in [-0.3, -0.25) is 4.79 Å². The first-order chi connectivity index (χ1) is 11.6. The molecule has 2 N–H and O–H groups in total. The van der Waals surface area contributed by atoms with Crippen molar-refractivity contribution in [3.63, 3.8) is 0 Å². The molecule has 1 fully saturated rings. The lowest BCUT2D eigenvalue weighted by molar-refractivity contribution is -0.149. The van der Waals surface area contributed by atoms with Crippen LogP contribution < -0.4 is 15.2 Å². The lowest BCUT2D eigenvalue weighted by atomic mass is 9.77. The molecule has 0 unspecified atom stereocenters. The number of esters is 1. The predicted molar refractivity (Wildman–Crippen MR) is 91.0 cm³/mol. The Balaban J connectivity index is 1.64. The molecule has 3 rings (SSSR count). The number of fused-ring (bicyclic) bond motifs is 1. The van der Waals surface area contributed by atoms with Gasteiger partial charge in [0.05, 0.1) is 19.6 Å². The number of ether oxygens (including phenoxy) is 3. The van der Waals surface area contributed by atoms with E-state index in [4.69, 9.17) is 19.9 Å². The summed E-state index contributed by atoms with van der Waals surface area (Å²) in [5, 5.41) is 0. The Kier molecular flexibility index (Phi) is 5.29. The van der Waals surface area contributed by atoms with E-state index >= 15 is 0 Å². The van der Waals surface area contributed by atoms with Crippen molar-refractivity contribution < 1.29 is 19.0 Å². The van der Waals surface area contributed by atoms with Gasteiger partial charge in [-0.15, -0.1) is 0 Å². The summed E-state index contributed by atoms with van der Waals surface area (Å²) in [5.41, 5.74) is 7.40. The fourth-order valence-electron chi connectivity index (χ4n) is 3.91. The maximum absolute atomic E-state index is 11.9. The van der Waals surface area contributed by atoms with Crippen LogP contribution in [0.5, 0.6) is 11.5 Å². The van der Waals surface area contributed by atoms with Crippen LogP contribution in [0, 0.1) is 11.8 Å². The number of hydrogen-bond acceptors (Lipinski definition) is 5. The minimum absolute atomic E-state index is 0.00700. The van der Waals surface area contributed by atoms with Crippen LogP contribution in [0.25, 0.3) is 0 Å². The predicted octanol–water partition coefficient (Wildman–Crippen LogP) is 3.22. The molecule has 0 aromatic heterocycles. The first-order valence-electron chi connectivity index (χ1n) is 8.89. The van der Waals surface area contributed by atoms with E-state index in [1.807, 2.05) is 25.1 Å². The molecule has 0 saturated heterocycles. The van der Waals surface area contributed by atoms with Gasteiger partial charge in [-0.05, 0) is 44.6 Å². The molecule has 1 aromatic rings. The van der Waals surface area contributed by atoms with E-state index in [0.717, 1.165) is 49.2 Å². The third-order valence-corrected chi connectivity index (χ3v) is 5.30. The fraction of sp³-hybridized carbons (Fsp3) is 0.632. The van der Waals surface area contributed by atoms with E-state index in [9.17, 15) is 4.79 Å². The molecule has 1 heterocycles. The first-order valence-corrected chi connectivity index (χ1v) is 8.89. The molecule has 1 aromatic carbocycles. The van der Waals surface area contributed by atoms with Gasteiger partial charge in [0, 0.05) is 24.1 Å². The minimum atomic E-state index is -0.0488. The second-order valence-electron chi connectivity index (χ2n) is 6.77. The summed E-state index contributed by atoms with van der Waals surface area (Å²) in [6, 6.07) is 5.83. The van der Waals surface area contributed by atoms with Crippen LogP contribution >= 0.6 is 0 Å². The van der Waals surface area contributed by atoms with Crippen LogP contribution in [0.1, 0.15) is 50.6 Å². The van der Waals surface area contributed by atoms with Crippen molar-refractivity contribution in [1.29, 1.82) is 0 Å². The zero-order chi connectivity index (χ0) is 17.1. The molecule has 1 aliphatic carbocycles. The number of nitrogens with two attached hydrogens (primary N) is 1. The van der Waals surface area contributed by atoms with Crippen molar-refractivity contribution in [3.8, 4) is 11.5 Å². The number of rotatable bonds is 4. The van der Waals surface area contributed by atoms with Gasteiger partial charge in [0.1, 0.15) is 17.6 Å². The zero-order valence-corrected chi connectivity index (χ0v) is 14.5. The standard InChI is InChI=1S/C19H27NO4/c1-3-23-19(21)13-6-4-12(5-7-13)17-11-16(20)15-9-8-14(22-2)10-18(15)24-17/h8-10,12-13,16-17H,3-7,11,20H2,1-2H3/t12-,13-,16-,17-/m1/s1. The van der Waals surface area contributed by atoms with Crippen molar-refractivity contribution in [3.05, 3.63) is 23.8 Å². The summed E-state index contributed by atoms with van der Waals surface area (Å²) in [4.78, 5) is 11.9.